The summed E-state index contributed by atoms with van der Waals surface area (Å²) >= 11 is 0. The highest BCUT2D eigenvalue weighted by Crippen LogP contribution is 2.64. The summed E-state index contributed by atoms with van der Waals surface area (Å²) in [6.07, 6.45) is 19.6. The van der Waals surface area contributed by atoms with Gasteiger partial charge in [-0.2, -0.15) is 0 Å². The van der Waals surface area contributed by atoms with E-state index in [-0.39, 0.29) is 0 Å². The fourth-order valence-electron chi connectivity index (χ4n) is 9.30. The molecule has 0 aromatic carbocycles. The molecule has 0 bridgehead atoms. The number of hydrogen-bond donors (Lipinski definition) is 0. The molecular formula is C27H46NO2P. The zero-order valence-corrected chi connectivity index (χ0v) is 21.0. The maximum atomic E-state index is 7.20. The van der Waals surface area contributed by atoms with Crippen LogP contribution in [-0.2, 0) is 9.05 Å². The van der Waals surface area contributed by atoms with Gasteiger partial charge in [0, 0.05) is 13.1 Å². The van der Waals surface area contributed by atoms with Crippen LogP contribution in [0.25, 0.3) is 0 Å². The van der Waals surface area contributed by atoms with Crippen molar-refractivity contribution in [3.8, 4) is 0 Å². The van der Waals surface area contributed by atoms with Crippen LogP contribution in [0.4, 0.5) is 0 Å². The molecule has 0 N–H and O–H groups in total. The molecule has 6 rings (SSSR count). The third-order valence-electron chi connectivity index (χ3n) is 10.6. The van der Waals surface area contributed by atoms with Gasteiger partial charge in [0.2, 0.25) is 0 Å². The van der Waals surface area contributed by atoms with E-state index < -0.39 is 8.53 Å². The van der Waals surface area contributed by atoms with Gasteiger partial charge in [0.25, 0.3) is 8.53 Å². The molecule has 0 radical (unpaired) electrons. The van der Waals surface area contributed by atoms with Crippen LogP contribution in [0.5, 0.6) is 0 Å². The standard InChI is InChI=1S/C27H46NO2P/c1-18-16-20-10-4-6-12-22(20)24-25-23-13-7-5-11-21(23)17-19(2)27(25)30-31(29-26(18)24)28-14-8-3-9-15-28/h18-27H,3-17H2,1-2H3. The van der Waals surface area contributed by atoms with E-state index in [1.54, 1.807) is 0 Å². The van der Waals surface area contributed by atoms with Crippen molar-refractivity contribution in [1.82, 2.24) is 4.67 Å². The monoisotopic (exact) mass is 447 g/mol. The summed E-state index contributed by atoms with van der Waals surface area (Å²) in [5.74, 6) is 6.71. The zero-order valence-electron chi connectivity index (χ0n) is 20.1. The molecular weight excluding hydrogens is 401 g/mol. The first-order valence-corrected chi connectivity index (χ1v) is 15.2. The molecule has 2 heterocycles. The smallest absolute Gasteiger partial charge is 0.259 e. The minimum Gasteiger partial charge on any atom is -0.318 e. The fraction of sp³-hybridized carbons (Fsp3) is 1.00. The SMILES string of the molecule is CC1CC2CCCCC2C2C1OP(N1CCCCC1)OC1C(C)CC3CCCCC3C12. The minimum absolute atomic E-state index is 0.454. The highest BCUT2D eigenvalue weighted by molar-refractivity contribution is 7.44. The largest absolute Gasteiger partial charge is 0.318 e. The average molecular weight is 448 g/mol. The zero-order chi connectivity index (χ0) is 20.9. The van der Waals surface area contributed by atoms with Crippen molar-refractivity contribution in [3.63, 3.8) is 0 Å². The van der Waals surface area contributed by atoms with Crippen molar-refractivity contribution in [2.45, 2.75) is 110 Å². The number of piperidine rings is 1. The van der Waals surface area contributed by atoms with Crippen LogP contribution in [-0.4, -0.2) is 30.0 Å². The summed E-state index contributed by atoms with van der Waals surface area (Å²) in [6.45, 7) is 7.47. The molecule has 4 aliphatic carbocycles. The van der Waals surface area contributed by atoms with Gasteiger partial charge in [0.1, 0.15) is 0 Å². The maximum absolute atomic E-state index is 7.20. The number of rotatable bonds is 1. The molecule has 3 nitrogen and oxygen atoms in total. The molecule has 4 heteroatoms. The van der Waals surface area contributed by atoms with Crippen molar-refractivity contribution in [3.05, 3.63) is 0 Å². The molecule has 2 aliphatic heterocycles. The second kappa shape index (κ2) is 9.16. The Morgan fingerprint density at radius 1 is 0.613 bits per heavy atom. The van der Waals surface area contributed by atoms with Crippen LogP contribution < -0.4 is 0 Å². The second-order valence-corrected chi connectivity index (χ2v) is 13.9. The van der Waals surface area contributed by atoms with Crippen LogP contribution in [0.3, 0.4) is 0 Å². The Bertz CT molecular complexity index is 580. The van der Waals surface area contributed by atoms with Gasteiger partial charge in [-0.15, -0.1) is 0 Å². The van der Waals surface area contributed by atoms with E-state index in [2.05, 4.69) is 18.5 Å². The van der Waals surface area contributed by atoms with Crippen molar-refractivity contribution in [2.24, 2.45) is 47.3 Å². The highest BCUT2D eigenvalue weighted by Gasteiger charge is 2.58. The summed E-state index contributed by atoms with van der Waals surface area (Å²) in [6, 6.07) is 0. The lowest BCUT2D eigenvalue weighted by molar-refractivity contribution is -0.115. The molecule has 10 unspecified atom stereocenters. The fourth-order valence-corrected chi connectivity index (χ4v) is 11.3. The highest BCUT2D eigenvalue weighted by atomic mass is 31.2. The predicted molar refractivity (Wildman–Crippen MR) is 128 cm³/mol. The lowest BCUT2D eigenvalue weighted by atomic mass is 9.50. The second-order valence-electron chi connectivity index (χ2n) is 12.4. The van der Waals surface area contributed by atoms with Gasteiger partial charge in [-0.05, 0) is 85.9 Å². The lowest BCUT2D eigenvalue weighted by Gasteiger charge is -2.56. The molecule has 0 spiro atoms. The Hall–Kier alpha value is 0.310. The summed E-state index contributed by atoms with van der Waals surface area (Å²) in [7, 11) is -0.873. The van der Waals surface area contributed by atoms with E-state index in [0.29, 0.717) is 24.0 Å². The quantitative estimate of drug-likeness (QED) is 0.391. The molecule has 6 aliphatic rings. The molecule has 31 heavy (non-hydrogen) atoms. The summed E-state index contributed by atoms with van der Waals surface area (Å²) in [5.41, 5.74) is 0. The molecule has 0 aromatic rings. The maximum Gasteiger partial charge on any atom is 0.259 e. The Labute approximate surface area is 192 Å². The van der Waals surface area contributed by atoms with E-state index in [0.717, 1.165) is 35.5 Å². The topological polar surface area (TPSA) is 21.7 Å². The van der Waals surface area contributed by atoms with E-state index in [1.165, 1.54) is 96.6 Å². The third-order valence-corrected chi connectivity index (χ3v) is 12.3. The number of nitrogens with zero attached hydrogens (tertiary/aromatic N) is 1. The van der Waals surface area contributed by atoms with Crippen molar-refractivity contribution < 1.29 is 9.05 Å². The molecule has 176 valence electrons. The van der Waals surface area contributed by atoms with Crippen LogP contribution in [0, 0.1) is 47.3 Å². The third kappa shape index (κ3) is 3.96. The van der Waals surface area contributed by atoms with Crippen molar-refractivity contribution in [2.75, 3.05) is 13.1 Å². The molecule has 2 saturated heterocycles. The molecule has 4 saturated carbocycles. The normalized spacial score (nSPS) is 53.4. The number of fused-ring (bicyclic) bond motifs is 7. The Kier molecular flexibility index (Phi) is 6.45. The van der Waals surface area contributed by atoms with Crippen molar-refractivity contribution in [1.29, 1.82) is 0 Å². The Morgan fingerprint density at radius 2 is 1.10 bits per heavy atom. The van der Waals surface area contributed by atoms with Crippen LogP contribution in [0.1, 0.15) is 97.3 Å². The molecule has 6 fully saturated rings. The molecule has 0 amide bonds. The van der Waals surface area contributed by atoms with Crippen LogP contribution in [0.2, 0.25) is 0 Å². The van der Waals surface area contributed by atoms with Gasteiger partial charge in [0.15, 0.2) is 0 Å². The van der Waals surface area contributed by atoms with Crippen LogP contribution >= 0.6 is 8.53 Å². The van der Waals surface area contributed by atoms with Gasteiger partial charge < -0.3 is 9.05 Å². The Balaban J connectivity index is 1.38. The average Bonchev–Trinajstić information content (AvgIpc) is 2.99. The first-order chi connectivity index (χ1) is 15.2. The molecule has 0 aromatic heterocycles. The van der Waals surface area contributed by atoms with Gasteiger partial charge in [0.05, 0.1) is 12.2 Å². The van der Waals surface area contributed by atoms with Crippen molar-refractivity contribution >= 4 is 8.53 Å². The Morgan fingerprint density at radius 3 is 1.61 bits per heavy atom. The minimum atomic E-state index is -0.873. The number of hydrogen-bond acceptors (Lipinski definition) is 3. The lowest BCUT2D eigenvalue weighted by Crippen LogP contribution is -2.55. The van der Waals surface area contributed by atoms with Gasteiger partial charge in [-0.1, -0.05) is 58.8 Å². The van der Waals surface area contributed by atoms with Gasteiger partial charge in [-0.25, -0.2) is 4.67 Å². The first kappa shape index (κ1) is 21.8. The van der Waals surface area contributed by atoms with E-state index in [1.807, 2.05) is 0 Å². The molecule has 10 atom stereocenters. The van der Waals surface area contributed by atoms with Gasteiger partial charge >= 0.3 is 0 Å². The van der Waals surface area contributed by atoms with Crippen LogP contribution in [0.15, 0.2) is 0 Å². The predicted octanol–water partition coefficient (Wildman–Crippen LogP) is 7.41. The first-order valence-electron chi connectivity index (χ1n) is 14.1. The summed E-state index contributed by atoms with van der Waals surface area (Å²) in [4.78, 5) is 0. The van der Waals surface area contributed by atoms with E-state index >= 15 is 0 Å². The summed E-state index contributed by atoms with van der Waals surface area (Å²) in [5, 5.41) is 0. The van der Waals surface area contributed by atoms with E-state index in [9.17, 15) is 0 Å². The summed E-state index contributed by atoms with van der Waals surface area (Å²) < 4.78 is 17.0. The van der Waals surface area contributed by atoms with Gasteiger partial charge in [-0.3, -0.25) is 0 Å². The van der Waals surface area contributed by atoms with E-state index in [4.69, 9.17) is 9.05 Å².